The van der Waals surface area contributed by atoms with Crippen LogP contribution < -0.4 is 4.74 Å². The molecule has 0 radical (unpaired) electrons. The zero-order valence-corrected chi connectivity index (χ0v) is 11.7. The lowest BCUT2D eigenvalue weighted by Gasteiger charge is -2.22. The van der Waals surface area contributed by atoms with Crippen LogP contribution in [-0.2, 0) is 13.6 Å². The normalized spacial score (nSPS) is 13.3. The first-order valence-electron chi connectivity index (χ1n) is 5.78. The molecule has 0 unspecified atom stereocenters. The lowest BCUT2D eigenvalue weighted by atomic mass is 10.2. The van der Waals surface area contributed by atoms with Gasteiger partial charge >= 0.3 is 7.60 Å². The Morgan fingerprint density at radius 1 is 1.17 bits per heavy atom. The van der Waals surface area contributed by atoms with Crippen LogP contribution in [-0.4, -0.2) is 25.4 Å². The Morgan fingerprint density at radius 3 is 2.06 bits per heavy atom. The summed E-state index contributed by atoms with van der Waals surface area (Å²) in [6.45, 7) is 3.83. The number of ether oxygens (including phenoxy) is 1. The van der Waals surface area contributed by atoms with Crippen LogP contribution >= 0.6 is 7.60 Å². The third kappa shape index (κ3) is 3.56. The zero-order valence-electron chi connectivity index (χ0n) is 10.8. The van der Waals surface area contributed by atoms with E-state index in [9.17, 15) is 9.67 Å². The van der Waals surface area contributed by atoms with Gasteiger partial charge in [-0.3, -0.25) is 4.57 Å². The van der Waals surface area contributed by atoms with Crippen LogP contribution in [0.15, 0.2) is 24.3 Å². The molecule has 1 atom stereocenters. The average molecular weight is 274 g/mol. The van der Waals surface area contributed by atoms with Gasteiger partial charge in [-0.25, -0.2) is 0 Å². The summed E-state index contributed by atoms with van der Waals surface area (Å²) in [5, 5.41) is 10.1. The number of rotatable bonds is 7. The third-order valence-electron chi connectivity index (χ3n) is 2.33. The van der Waals surface area contributed by atoms with Crippen molar-refractivity contribution in [2.45, 2.75) is 19.7 Å². The Balaban J connectivity index is 2.94. The third-order valence-corrected chi connectivity index (χ3v) is 4.46. The summed E-state index contributed by atoms with van der Waals surface area (Å²) in [5.41, 5.74) is 0.473. The van der Waals surface area contributed by atoms with Crippen molar-refractivity contribution >= 4 is 7.60 Å². The van der Waals surface area contributed by atoms with E-state index >= 15 is 0 Å². The summed E-state index contributed by atoms with van der Waals surface area (Å²) >= 11 is 0. The van der Waals surface area contributed by atoms with Crippen LogP contribution in [0.5, 0.6) is 5.75 Å². The average Bonchev–Trinajstić information content (AvgIpc) is 2.38. The smallest absolute Gasteiger partial charge is 0.363 e. The predicted molar refractivity (Wildman–Crippen MR) is 68.8 cm³/mol. The van der Waals surface area contributed by atoms with Crippen LogP contribution in [0.3, 0.4) is 0 Å². The molecule has 6 heteroatoms. The van der Waals surface area contributed by atoms with Gasteiger partial charge in [0.2, 0.25) is 0 Å². The van der Waals surface area contributed by atoms with Gasteiger partial charge in [-0.05, 0) is 31.5 Å². The molecule has 0 spiro atoms. The van der Waals surface area contributed by atoms with Crippen molar-refractivity contribution in [1.82, 2.24) is 0 Å². The maximum atomic E-state index is 12.3. The Bertz CT molecular complexity index is 393. The zero-order chi connectivity index (χ0) is 13.6. The van der Waals surface area contributed by atoms with Crippen LogP contribution in [0.1, 0.15) is 25.3 Å². The Kier molecular flexibility index (Phi) is 5.82. The first-order chi connectivity index (χ1) is 8.57. The number of hydrogen-bond donors (Lipinski definition) is 1. The van der Waals surface area contributed by atoms with Gasteiger partial charge in [0.1, 0.15) is 5.75 Å². The number of hydrogen-bond acceptors (Lipinski definition) is 5. The second-order valence-corrected chi connectivity index (χ2v) is 5.61. The van der Waals surface area contributed by atoms with E-state index in [1.807, 2.05) is 0 Å². The highest BCUT2D eigenvalue weighted by Crippen LogP contribution is 2.59. The molecule has 1 rings (SSSR count). The molecule has 18 heavy (non-hydrogen) atoms. The predicted octanol–water partition coefficient (Wildman–Crippen LogP) is 2.95. The standard InChI is InChI=1S/C12H19O5P/c1-4-16-18(14,17-5-2)12(13)10-6-8-11(15-3)9-7-10/h6-9,12-13H,4-5H2,1-3H3/t12-/m1/s1. The molecule has 5 nitrogen and oxygen atoms in total. The van der Waals surface area contributed by atoms with Crippen molar-refractivity contribution in [2.24, 2.45) is 0 Å². The van der Waals surface area contributed by atoms with Crippen molar-refractivity contribution in [2.75, 3.05) is 20.3 Å². The Hall–Kier alpha value is -0.870. The van der Waals surface area contributed by atoms with Crippen LogP contribution in [0.4, 0.5) is 0 Å². The van der Waals surface area contributed by atoms with Crippen molar-refractivity contribution in [3.8, 4) is 5.75 Å². The lowest BCUT2D eigenvalue weighted by molar-refractivity contribution is 0.150. The van der Waals surface area contributed by atoms with E-state index in [0.717, 1.165) is 0 Å². The fraction of sp³-hybridized carbons (Fsp3) is 0.500. The lowest BCUT2D eigenvalue weighted by Crippen LogP contribution is -2.06. The van der Waals surface area contributed by atoms with E-state index in [2.05, 4.69) is 0 Å². The minimum Gasteiger partial charge on any atom is -0.497 e. The van der Waals surface area contributed by atoms with Gasteiger partial charge in [-0.1, -0.05) is 12.1 Å². The monoisotopic (exact) mass is 274 g/mol. The van der Waals surface area contributed by atoms with Crippen LogP contribution in [0, 0.1) is 0 Å². The van der Waals surface area contributed by atoms with Crippen molar-refractivity contribution < 1.29 is 23.5 Å². The maximum Gasteiger partial charge on any atom is 0.363 e. The van der Waals surface area contributed by atoms with Crippen LogP contribution in [0.2, 0.25) is 0 Å². The summed E-state index contributed by atoms with van der Waals surface area (Å²) in [6, 6.07) is 6.63. The first-order valence-corrected chi connectivity index (χ1v) is 7.39. The Morgan fingerprint density at radius 2 is 1.67 bits per heavy atom. The first kappa shape index (κ1) is 15.2. The van der Waals surface area contributed by atoms with Crippen LogP contribution in [0.25, 0.3) is 0 Å². The molecule has 1 N–H and O–H groups in total. The van der Waals surface area contributed by atoms with E-state index in [0.29, 0.717) is 11.3 Å². The second kappa shape index (κ2) is 6.90. The number of aliphatic hydroxyl groups excluding tert-OH is 1. The minimum atomic E-state index is -3.54. The topological polar surface area (TPSA) is 65.0 Å². The van der Waals surface area contributed by atoms with E-state index in [4.69, 9.17) is 13.8 Å². The minimum absolute atomic E-state index is 0.213. The van der Waals surface area contributed by atoms with Crippen molar-refractivity contribution in [1.29, 1.82) is 0 Å². The highest BCUT2D eigenvalue weighted by molar-refractivity contribution is 7.54. The molecule has 0 fully saturated rings. The molecule has 0 saturated heterocycles. The molecule has 102 valence electrons. The highest BCUT2D eigenvalue weighted by Gasteiger charge is 2.35. The molecular weight excluding hydrogens is 255 g/mol. The van der Waals surface area contributed by atoms with Gasteiger partial charge in [0.05, 0.1) is 20.3 Å². The number of aliphatic hydroxyl groups is 1. The van der Waals surface area contributed by atoms with E-state index in [-0.39, 0.29) is 13.2 Å². The molecule has 1 aromatic rings. The summed E-state index contributed by atoms with van der Waals surface area (Å²) in [5.74, 6) is -0.628. The molecule has 0 aliphatic carbocycles. The molecule has 0 bridgehead atoms. The molecule has 0 amide bonds. The molecule has 0 aromatic heterocycles. The number of methoxy groups -OCH3 is 1. The molecular formula is C12H19O5P. The molecule has 1 aromatic carbocycles. The van der Waals surface area contributed by atoms with Crippen molar-refractivity contribution in [3.63, 3.8) is 0 Å². The molecule has 0 aliphatic rings. The SMILES string of the molecule is CCOP(=O)(OCC)[C@@H](O)c1ccc(OC)cc1. The fourth-order valence-electron chi connectivity index (χ4n) is 1.50. The molecule has 0 saturated carbocycles. The van der Waals surface area contributed by atoms with Gasteiger partial charge in [-0.15, -0.1) is 0 Å². The summed E-state index contributed by atoms with van der Waals surface area (Å²) in [4.78, 5) is 0. The largest absolute Gasteiger partial charge is 0.497 e. The Labute approximate surface area is 107 Å². The van der Waals surface area contributed by atoms with E-state index in [1.165, 1.54) is 0 Å². The summed E-state index contributed by atoms with van der Waals surface area (Å²) in [7, 11) is -1.99. The molecule has 0 aliphatic heterocycles. The maximum absolute atomic E-state index is 12.3. The van der Waals surface area contributed by atoms with E-state index < -0.39 is 13.4 Å². The van der Waals surface area contributed by atoms with E-state index in [1.54, 1.807) is 45.2 Å². The summed E-state index contributed by atoms with van der Waals surface area (Å²) in [6.07, 6.45) is 0. The van der Waals surface area contributed by atoms with Gasteiger partial charge in [0.25, 0.3) is 0 Å². The van der Waals surface area contributed by atoms with Gasteiger partial charge in [0, 0.05) is 0 Å². The van der Waals surface area contributed by atoms with Gasteiger partial charge in [0.15, 0.2) is 5.85 Å². The van der Waals surface area contributed by atoms with Gasteiger partial charge in [-0.2, -0.15) is 0 Å². The molecule has 0 heterocycles. The number of benzene rings is 1. The van der Waals surface area contributed by atoms with Gasteiger partial charge < -0.3 is 18.9 Å². The highest BCUT2D eigenvalue weighted by atomic mass is 31.2. The fourth-order valence-corrected chi connectivity index (χ4v) is 3.11. The van der Waals surface area contributed by atoms with Crippen molar-refractivity contribution in [3.05, 3.63) is 29.8 Å². The second-order valence-electron chi connectivity index (χ2n) is 3.52. The summed E-state index contributed by atoms with van der Waals surface area (Å²) < 4.78 is 27.5. The quantitative estimate of drug-likeness (QED) is 0.774.